The molecule has 1 saturated carbocycles. The molecule has 0 spiro atoms. The van der Waals surface area contributed by atoms with Crippen LogP contribution in [-0.2, 0) is 0 Å². The molecule has 0 unspecified atom stereocenters. The maximum atomic E-state index is 6.00. The minimum Gasteiger partial charge on any atom is -0.490 e. The largest absolute Gasteiger partial charge is 0.490 e. The molecule has 0 saturated heterocycles. The molecular formula is C13H19NO2. The Hall–Kier alpha value is -1.22. The van der Waals surface area contributed by atoms with Crippen molar-refractivity contribution in [2.45, 2.75) is 31.7 Å². The fraction of sp³-hybridized carbons (Fsp3) is 0.538. The molecule has 1 aromatic rings. The van der Waals surface area contributed by atoms with Crippen LogP contribution >= 0.6 is 0 Å². The van der Waals surface area contributed by atoms with Crippen LogP contribution in [0.1, 0.15) is 26.2 Å². The van der Waals surface area contributed by atoms with E-state index in [-0.39, 0.29) is 5.54 Å². The monoisotopic (exact) mass is 221 g/mol. The minimum atomic E-state index is 0.0561. The molecule has 1 aliphatic carbocycles. The van der Waals surface area contributed by atoms with Crippen LogP contribution in [0, 0.1) is 0 Å². The Morgan fingerprint density at radius 2 is 1.81 bits per heavy atom. The van der Waals surface area contributed by atoms with Gasteiger partial charge < -0.3 is 15.2 Å². The fourth-order valence-electron chi connectivity index (χ4n) is 1.62. The van der Waals surface area contributed by atoms with Gasteiger partial charge in [0, 0.05) is 5.54 Å². The highest BCUT2D eigenvalue weighted by Gasteiger charge is 2.37. The highest BCUT2D eigenvalue weighted by Crippen LogP contribution is 2.36. The molecule has 1 fully saturated rings. The third-order valence-corrected chi connectivity index (χ3v) is 2.90. The van der Waals surface area contributed by atoms with E-state index in [0.717, 1.165) is 30.8 Å². The first-order valence-electron chi connectivity index (χ1n) is 5.87. The van der Waals surface area contributed by atoms with Crippen LogP contribution in [0.2, 0.25) is 0 Å². The van der Waals surface area contributed by atoms with Gasteiger partial charge in [-0.2, -0.15) is 0 Å². The molecule has 0 aliphatic heterocycles. The van der Waals surface area contributed by atoms with Gasteiger partial charge in [0.15, 0.2) is 11.5 Å². The second kappa shape index (κ2) is 4.74. The van der Waals surface area contributed by atoms with Gasteiger partial charge in [0.25, 0.3) is 0 Å². The van der Waals surface area contributed by atoms with Crippen molar-refractivity contribution in [1.29, 1.82) is 0 Å². The summed E-state index contributed by atoms with van der Waals surface area (Å²) < 4.78 is 11.2. The van der Waals surface area contributed by atoms with Crippen molar-refractivity contribution in [3.8, 4) is 11.5 Å². The van der Waals surface area contributed by atoms with Gasteiger partial charge in [-0.3, -0.25) is 0 Å². The summed E-state index contributed by atoms with van der Waals surface area (Å²) in [5, 5.41) is 0. The van der Waals surface area contributed by atoms with Gasteiger partial charge in [0.2, 0.25) is 0 Å². The standard InChI is InChI=1S/C13H19NO2/c1-2-15-11-5-3-4-6-12(11)16-10-9-13(14)7-8-13/h3-6H,2,7-10,14H2,1H3. The second-order valence-corrected chi connectivity index (χ2v) is 4.34. The van der Waals surface area contributed by atoms with Crippen molar-refractivity contribution in [1.82, 2.24) is 0 Å². The Labute approximate surface area is 96.5 Å². The zero-order chi connectivity index (χ0) is 11.4. The fourth-order valence-corrected chi connectivity index (χ4v) is 1.62. The van der Waals surface area contributed by atoms with E-state index in [0.29, 0.717) is 13.2 Å². The van der Waals surface area contributed by atoms with Crippen LogP contribution < -0.4 is 15.2 Å². The number of rotatable bonds is 6. The zero-order valence-electron chi connectivity index (χ0n) is 9.74. The van der Waals surface area contributed by atoms with E-state index in [1.807, 2.05) is 31.2 Å². The number of hydrogen-bond acceptors (Lipinski definition) is 3. The minimum absolute atomic E-state index is 0.0561. The van der Waals surface area contributed by atoms with Crippen molar-refractivity contribution in [2.24, 2.45) is 5.73 Å². The maximum Gasteiger partial charge on any atom is 0.161 e. The van der Waals surface area contributed by atoms with Crippen LogP contribution in [0.15, 0.2) is 24.3 Å². The lowest BCUT2D eigenvalue weighted by molar-refractivity contribution is 0.264. The number of hydrogen-bond donors (Lipinski definition) is 1. The van der Waals surface area contributed by atoms with E-state index in [1.165, 1.54) is 0 Å². The van der Waals surface area contributed by atoms with Crippen LogP contribution in [0.3, 0.4) is 0 Å². The van der Waals surface area contributed by atoms with E-state index in [9.17, 15) is 0 Å². The number of para-hydroxylation sites is 2. The van der Waals surface area contributed by atoms with Gasteiger partial charge in [-0.05, 0) is 38.3 Å². The van der Waals surface area contributed by atoms with Gasteiger partial charge in [-0.15, -0.1) is 0 Å². The smallest absolute Gasteiger partial charge is 0.161 e. The van der Waals surface area contributed by atoms with Gasteiger partial charge in [-0.25, -0.2) is 0 Å². The predicted octanol–water partition coefficient (Wildman–Crippen LogP) is 2.35. The van der Waals surface area contributed by atoms with Gasteiger partial charge >= 0.3 is 0 Å². The topological polar surface area (TPSA) is 44.5 Å². The molecule has 0 bridgehead atoms. The molecule has 88 valence electrons. The average molecular weight is 221 g/mol. The Kier molecular flexibility index (Phi) is 3.34. The van der Waals surface area contributed by atoms with Crippen molar-refractivity contribution in [3.05, 3.63) is 24.3 Å². The summed E-state index contributed by atoms with van der Waals surface area (Å²) in [6.07, 6.45) is 3.18. The van der Waals surface area contributed by atoms with Crippen LogP contribution in [0.5, 0.6) is 11.5 Å². The summed E-state index contributed by atoms with van der Waals surface area (Å²) >= 11 is 0. The van der Waals surface area contributed by atoms with Crippen molar-refractivity contribution < 1.29 is 9.47 Å². The van der Waals surface area contributed by atoms with Gasteiger partial charge in [0.05, 0.1) is 13.2 Å². The molecule has 0 radical (unpaired) electrons. The average Bonchev–Trinajstić information content (AvgIpc) is 3.00. The lowest BCUT2D eigenvalue weighted by Gasteiger charge is -2.13. The quantitative estimate of drug-likeness (QED) is 0.802. The number of nitrogens with two attached hydrogens (primary N) is 1. The van der Waals surface area contributed by atoms with E-state index < -0.39 is 0 Å². The normalized spacial score (nSPS) is 16.9. The molecule has 3 heteroatoms. The lowest BCUT2D eigenvalue weighted by Crippen LogP contribution is -2.24. The Balaban J connectivity index is 1.87. The first-order chi connectivity index (χ1) is 7.73. The summed E-state index contributed by atoms with van der Waals surface area (Å²) in [6.45, 7) is 3.29. The second-order valence-electron chi connectivity index (χ2n) is 4.34. The lowest BCUT2D eigenvalue weighted by atomic mass is 10.2. The molecule has 0 atom stereocenters. The summed E-state index contributed by atoms with van der Waals surface area (Å²) in [4.78, 5) is 0. The Morgan fingerprint density at radius 3 is 2.38 bits per heavy atom. The molecule has 1 aliphatic rings. The van der Waals surface area contributed by atoms with Gasteiger partial charge in [0.1, 0.15) is 0 Å². The highest BCUT2D eigenvalue weighted by atomic mass is 16.5. The van der Waals surface area contributed by atoms with E-state index in [2.05, 4.69) is 0 Å². The first-order valence-corrected chi connectivity index (χ1v) is 5.87. The van der Waals surface area contributed by atoms with Crippen LogP contribution in [0.4, 0.5) is 0 Å². The summed E-state index contributed by atoms with van der Waals surface area (Å²) in [6, 6.07) is 7.76. The van der Waals surface area contributed by atoms with E-state index in [1.54, 1.807) is 0 Å². The molecule has 0 heterocycles. The molecule has 1 aromatic carbocycles. The molecule has 0 aromatic heterocycles. The third kappa shape index (κ3) is 2.89. The predicted molar refractivity (Wildman–Crippen MR) is 63.9 cm³/mol. The van der Waals surface area contributed by atoms with Crippen molar-refractivity contribution >= 4 is 0 Å². The highest BCUT2D eigenvalue weighted by molar-refractivity contribution is 5.39. The number of benzene rings is 1. The molecule has 16 heavy (non-hydrogen) atoms. The Morgan fingerprint density at radius 1 is 1.19 bits per heavy atom. The summed E-state index contributed by atoms with van der Waals surface area (Å²) in [5.74, 6) is 1.63. The SMILES string of the molecule is CCOc1ccccc1OCCC1(N)CC1. The van der Waals surface area contributed by atoms with Crippen molar-refractivity contribution in [3.63, 3.8) is 0 Å². The van der Waals surface area contributed by atoms with E-state index >= 15 is 0 Å². The molecular weight excluding hydrogens is 202 g/mol. The van der Waals surface area contributed by atoms with E-state index in [4.69, 9.17) is 15.2 Å². The molecule has 3 nitrogen and oxygen atoms in total. The molecule has 2 rings (SSSR count). The summed E-state index contributed by atoms with van der Waals surface area (Å²) in [7, 11) is 0. The molecule has 0 amide bonds. The number of ether oxygens (including phenoxy) is 2. The maximum absolute atomic E-state index is 6.00. The first kappa shape index (κ1) is 11.3. The van der Waals surface area contributed by atoms with Crippen molar-refractivity contribution in [2.75, 3.05) is 13.2 Å². The summed E-state index contributed by atoms with van der Waals surface area (Å²) in [5.41, 5.74) is 6.05. The van der Waals surface area contributed by atoms with Gasteiger partial charge in [-0.1, -0.05) is 12.1 Å². The third-order valence-electron chi connectivity index (χ3n) is 2.90. The van der Waals surface area contributed by atoms with Crippen LogP contribution in [-0.4, -0.2) is 18.8 Å². The van der Waals surface area contributed by atoms with Crippen LogP contribution in [0.25, 0.3) is 0 Å². The molecule has 2 N–H and O–H groups in total. The Bertz CT molecular complexity index is 348. The zero-order valence-corrected chi connectivity index (χ0v) is 9.74.